The van der Waals surface area contributed by atoms with Crippen molar-refractivity contribution in [1.82, 2.24) is 10.3 Å². The third-order valence-electron chi connectivity index (χ3n) is 3.13. The Morgan fingerprint density at radius 3 is 2.90 bits per heavy atom. The van der Waals surface area contributed by atoms with Crippen LogP contribution in [0.15, 0.2) is 5.10 Å². The van der Waals surface area contributed by atoms with Crippen molar-refractivity contribution in [3.8, 4) is 0 Å². The molecule has 118 valence electrons. The average Bonchev–Trinajstić information content (AvgIpc) is 2.67. The van der Waals surface area contributed by atoms with Crippen molar-refractivity contribution in [2.45, 2.75) is 38.7 Å². The van der Waals surface area contributed by atoms with Crippen LogP contribution in [0.3, 0.4) is 0 Å². The van der Waals surface area contributed by atoms with Gasteiger partial charge in [0, 0.05) is 44.4 Å². The van der Waals surface area contributed by atoms with Crippen LogP contribution in [0.2, 0.25) is 0 Å². The first-order valence-electron chi connectivity index (χ1n) is 6.84. The van der Waals surface area contributed by atoms with Gasteiger partial charge in [0.15, 0.2) is 0 Å². The molecule has 0 radical (unpaired) electrons. The number of aliphatic hydroxyl groups excluding tert-OH is 1. The van der Waals surface area contributed by atoms with Gasteiger partial charge in [-0.2, -0.15) is 5.10 Å². The maximum Gasteiger partial charge on any atom is 0.241 e. The van der Waals surface area contributed by atoms with Gasteiger partial charge in [0.05, 0.1) is 12.8 Å². The number of likely N-dealkylation sites (tertiary alicyclic amines) is 1. The van der Waals surface area contributed by atoms with Crippen LogP contribution < -0.4 is 5.43 Å². The maximum absolute atomic E-state index is 11.9. The Bertz CT molecular complexity index is 428. The second kappa shape index (κ2) is 8.46. The zero-order chi connectivity index (χ0) is 15.8. The number of halogens is 1. The third-order valence-corrected chi connectivity index (χ3v) is 3.13. The third kappa shape index (κ3) is 5.58. The molecule has 7 nitrogen and oxygen atoms in total. The summed E-state index contributed by atoms with van der Waals surface area (Å²) in [5.41, 5.74) is 2.22. The van der Waals surface area contributed by atoms with Crippen molar-refractivity contribution in [2.75, 3.05) is 13.2 Å². The normalized spacial score (nSPS) is 20.3. The molecule has 0 aromatic heterocycles. The molecule has 2 N–H and O–H groups in total. The molecule has 1 aliphatic rings. The fourth-order valence-electron chi connectivity index (χ4n) is 1.89. The maximum atomic E-state index is 11.9. The van der Waals surface area contributed by atoms with Crippen molar-refractivity contribution in [2.24, 2.45) is 11.0 Å². The molecule has 1 heterocycles. The lowest BCUT2D eigenvalue weighted by Gasteiger charge is -2.13. The minimum absolute atomic E-state index is 0.0251. The SMILES string of the molecule is CC1CC(=O)N(CCC(=O)N/N=C/CC(O)CCF)C1=O. The molecule has 0 spiro atoms. The van der Waals surface area contributed by atoms with Gasteiger partial charge in [-0.25, -0.2) is 5.43 Å². The summed E-state index contributed by atoms with van der Waals surface area (Å²) in [5, 5.41) is 12.8. The zero-order valence-corrected chi connectivity index (χ0v) is 11.9. The van der Waals surface area contributed by atoms with E-state index < -0.39 is 18.7 Å². The number of rotatable bonds is 8. The van der Waals surface area contributed by atoms with E-state index in [9.17, 15) is 23.9 Å². The van der Waals surface area contributed by atoms with Crippen molar-refractivity contribution in [3.63, 3.8) is 0 Å². The van der Waals surface area contributed by atoms with E-state index in [0.29, 0.717) is 0 Å². The van der Waals surface area contributed by atoms with Gasteiger partial charge in [-0.15, -0.1) is 0 Å². The van der Waals surface area contributed by atoms with Crippen LogP contribution in [0, 0.1) is 5.92 Å². The fraction of sp³-hybridized carbons (Fsp3) is 0.692. The van der Waals surface area contributed by atoms with Gasteiger partial charge in [-0.05, 0) is 0 Å². The monoisotopic (exact) mass is 301 g/mol. The molecular formula is C13H20FN3O4. The predicted octanol–water partition coefficient (Wildman–Crippen LogP) is -0.0159. The molecule has 0 bridgehead atoms. The van der Waals surface area contributed by atoms with Gasteiger partial charge < -0.3 is 5.11 Å². The Hall–Kier alpha value is -1.83. The quantitative estimate of drug-likeness (QED) is 0.374. The Labute approximate surface area is 122 Å². The molecule has 8 heteroatoms. The summed E-state index contributed by atoms with van der Waals surface area (Å²) in [6, 6.07) is 0. The van der Waals surface area contributed by atoms with E-state index in [4.69, 9.17) is 0 Å². The predicted molar refractivity (Wildman–Crippen MR) is 73.0 cm³/mol. The first-order valence-corrected chi connectivity index (χ1v) is 6.84. The molecule has 1 aliphatic heterocycles. The lowest BCUT2D eigenvalue weighted by Crippen LogP contribution is -2.34. The highest BCUT2D eigenvalue weighted by molar-refractivity contribution is 6.03. The van der Waals surface area contributed by atoms with E-state index in [0.717, 1.165) is 4.90 Å². The summed E-state index contributed by atoms with van der Waals surface area (Å²) in [6.07, 6.45) is 0.783. The number of hydrogen-bond donors (Lipinski definition) is 2. The second-order valence-corrected chi connectivity index (χ2v) is 4.95. The minimum Gasteiger partial charge on any atom is -0.393 e. The molecule has 0 saturated carbocycles. The van der Waals surface area contributed by atoms with Gasteiger partial charge >= 0.3 is 0 Å². The smallest absolute Gasteiger partial charge is 0.241 e. The molecule has 1 rings (SSSR count). The van der Waals surface area contributed by atoms with E-state index >= 15 is 0 Å². The van der Waals surface area contributed by atoms with Gasteiger partial charge in [0.25, 0.3) is 0 Å². The largest absolute Gasteiger partial charge is 0.393 e. The van der Waals surface area contributed by atoms with E-state index in [1.165, 1.54) is 6.21 Å². The van der Waals surface area contributed by atoms with Crippen LogP contribution in [-0.2, 0) is 14.4 Å². The van der Waals surface area contributed by atoms with Gasteiger partial charge in [-0.3, -0.25) is 23.7 Å². The molecule has 0 aromatic carbocycles. The molecule has 3 amide bonds. The molecule has 2 unspecified atom stereocenters. The van der Waals surface area contributed by atoms with Crippen LogP contribution in [0.4, 0.5) is 4.39 Å². The van der Waals surface area contributed by atoms with Gasteiger partial charge in [0.1, 0.15) is 0 Å². The van der Waals surface area contributed by atoms with E-state index in [2.05, 4.69) is 10.5 Å². The number of amides is 3. The molecule has 0 aliphatic carbocycles. The highest BCUT2D eigenvalue weighted by Gasteiger charge is 2.35. The highest BCUT2D eigenvalue weighted by atomic mass is 19.1. The number of imide groups is 1. The Morgan fingerprint density at radius 2 is 2.33 bits per heavy atom. The Kier molecular flexibility index (Phi) is 6.93. The first kappa shape index (κ1) is 17.2. The van der Waals surface area contributed by atoms with Gasteiger partial charge in [0.2, 0.25) is 17.7 Å². The molecule has 1 saturated heterocycles. The first-order chi connectivity index (χ1) is 9.95. The van der Waals surface area contributed by atoms with Crippen molar-refractivity contribution in [1.29, 1.82) is 0 Å². The minimum atomic E-state index is -0.822. The Morgan fingerprint density at radius 1 is 1.62 bits per heavy atom. The second-order valence-electron chi connectivity index (χ2n) is 4.95. The van der Waals surface area contributed by atoms with Crippen LogP contribution in [-0.4, -0.2) is 53.3 Å². The van der Waals surface area contributed by atoms with E-state index in [1.807, 2.05) is 0 Å². The fourth-order valence-corrected chi connectivity index (χ4v) is 1.89. The van der Waals surface area contributed by atoms with Crippen LogP contribution >= 0.6 is 0 Å². The van der Waals surface area contributed by atoms with E-state index in [1.54, 1.807) is 6.92 Å². The number of carbonyl (C=O) groups is 3. The van der Waals surface area contributed by atoms with Gasteiger partial charge in [-0.1, -0.05) is 6.92 Å². The number of hydrogen-bond acceptors (Lipinski definition) is 5. The molecule has 0 aromatic rings. The summed E-state index contributed by atoms with van der Waals surface area (Å²) in [6.45, 7) is 1.10. The summed E-state index contributed by atoms with van der Waals surface area (Å²) >= 11 is 0. The summed E-state index contributed by atoms with van der Waals surface area (Å²) < 4.78 is 11.9. The number of carbonyl (C=O) groups excluding carboxylic acids is 3. The summed E-state index contributed by atoms with van der Waals surface area (Å²) in [4.78, 5) is 35.7. The van der Waals surface area contributed by atoms with Crippen molar-refractivity contribution >= 4 is 23.9 Å². The molecule has 21 heavy (non-hydrogen) atoms. The Balaban J connectivity index is 2.24. The van der Waals surface area contributed by atoms with Crippen LogP contribution in [0.25, 0.3) is 0 Å². The average molecular weight is 301 g/mol. The van der Waals surface area contributed by atoms with E-state index in [-0.39, 0.29) is 50.0 Å². The summed E-state index contributed by atoms with van der Waals surface area (Å²) in [7, 11) is 0. The number of nitrogens with one attached hydrogen (secondary N) is 1. The lowest BCUT2D eigenvalue weighted by molar-refractivity contribution is -0.139. The number of nitrogens with zero attached hydrogens (tertiary/aromatic N) is 2. The topological polar surface area (TPSA) is 99.1 Å². The lowest BCUT2D eigenvalue weighted by atomic mass is 10.1. The van der Waals surface area contributed by atoms with Crippen molar-refractivity contribution in [3.05, 3.63) is 0 Å². The number of hydrazone groups is 1. The molecular weight excluding hydrogens is 281 g/mol. The zero-order valence-electron chi connectivity index (χ0n) is 11.9. The number of aliphatic hydroxyl groups is 1. The molecule has 2 atom stereocenters. The van der Waals surface area contributed by atoms with Crippen molar-refractivity contribution < 1.29 is 23.9 Å². The molecule has 1 fully saturated rings. The highest BCUT2D eigenvalue weighted by Crippen LogP contribution is 2.18. The summed E-state index contributed by atoms with van der Waals surface area (Å²) in [5.74, 6) is -1.29. The van der Waals surface area contributed by atoms with Crippen LogP contribution in [0.5, 0.6) is 0 Å². The number of alkyl halides is 1. The standard InChI is InChI=1S/C13H20FN3O4/c1-9-8-12(20)17(13(9)21)7-4-11(19)16-15-6-3-10(18)2-5-14/h6,9-10,18H,2-5,7-8H2,1H3,(H,16,19)/b15-6+. The van der Waals surface area contributed by atoms with Crippen LogP contribution in [0.1, 0.15) is 32.6 Å².